The molecule has 6 rings (SSSR count). The fraction of sp³-hybridized carbons (Fsp3) is 0.562. The highest BCUT2D eigenvalue weighted by Crippen LogP contribution is 2.62. The Balaban J connectivity index is 1.30. The van der Waals surface area contributed by atoms with Crippen LogP contribution in [-0.4, -0.2) is 34.0 Å². The second kappa shape index (κ2) is 10.0. The molecule has 4 atom stereocenters. The summed E-state index contributed by atoms with van der Waals surface area (Å²) in [6.07, 6.45) is 8.05. The van der Waals surface area contributed by atoms with Gasteiger partial charge < -0.3 is 10.0 Å². The zero-order valence-electron chi connectivity index (χ0n) is 22.0. The molecule has 36 heavy (non-hydrogen) atoms. The normalized spacial score (nSPS) is 30.8. The van der Waals surface area contributed by atoms with Crippen LogP contribution in [-0.2, 0) is 11.2 Å². The number of hydrogen-bond acceptors (Lipinski definition) is 2. The van der Waals surface area contributed by atoms with Gasteiger partial charge in [0.15, 0.2) is 0 Å². The van der Waals surface area contributed by atoms with Crippen LogP contribution in [0.25, 0.3) is 0 Å². The van der Waals surface area contributed by atoms with E-state index in [2.05, 4.69) is 49.9 Å². The molecule has 4 aliphatic carbocycles. The molecule has 192 valence electrons. The molecule has 4 fully saturated rings. The van der Waals surface area contributed by atoms with E-state index in [1.165, 1.54) is 17.5 Å². The van der Waals surface area contributed by atoms with Crippen molar-refractivity contribution in [3.8, 4) is 0 Å². The summed E-state index contributed by atoms with van der Waals surface area (Å²) < 4.78 is 0. The lowest BCUT2D eigenvalue weighted by atomic mass is 9.44. The molecule has 1 N–H and O–H groups in total. The van der Waals surface area contributed by atoms with Crippen LogP contribution in [0.3, 0.4) is 0 Å². The van der Waals surface area contributed by atoms with Gasteiger partial charge >= 0.3 is 5.97 Å². The molecule has 4 nitrogen and oxygen atoms in total. The molecule has 0 heterocycles. The van der Waals surface area contributed by atoms with Gasteiger partial charge in [0.05, 0.1) is 5.56 Å². The van der Waals surface area contributed by atoms with Gasteiger partial charge in [0.2, 0.25) is 5.91 Å². The van der Waals surface area contributed by atoms with Crippen molar-refractivity contribution in [1.82, 2.24) is 4.90 Å². The second-order valence-electron chi connectivity index (χ2n) is 12.2. The molecular formula is C32H41NO3. The van der Waals surface area contributed by atoms with Gasteiger partial charge in [-0.15, -0.1) is 0 Å². The molecule has 0 aromatic heterocycles. The van der Waals surface area contributed by atoms with Gasteiger partial charge in [-0.3, -0.25) is 4.79 Å². The van der Waals surface area contributed by atoms with E-state index in [0.29, 0.717) is 47.2 Å². The summed E-state index contributed by atoms with van der Waals surface area (Å²) in [5.41, 5.74) is 3.22. The standard InChI is InChI=1S/C32H41NO3/c1-21-28-19-26(32(28,2)3)20-29(21)33(30(34)18-9-22-7-5-4-6-8-22)27-16-14-24(15-17-27)23-10-12-25(13-11-23)31(35)36/h4-8,10-13,21,24,26-29H,9,14-20H2,1-3H3,(H,35,36). The van der Waals surface area contributed by atoms with Gasteiger partial charge in [-0.05, 0) is 97.3 Å². The first-order chi connectivity index (χ1) is 17.3. The van der Waals surface area contributed by atoms with Crippen molar-refractivity contribution in [2.75, 3.05) is 0 Å². The molecule has 1 amide bonds. The zero-order valence-corrected chi connectivity index (χ0v) is 22.0. The smallest absolute Gasteiger partial charge is 0.335 e. The number of nitrogens with zero attached hydrogens (tertiary/aromatic N) is 1. The molecule has 2 aromatic rings. The minimum atomic E-state index is -0.877. The SMILES string of the molecule is CC1C(N(C(=O)CCc2ccccc2)C2CCC(c3ccc(C(=O)O)cc3)CC2)CC2CC1C2(C)C. The summed E-state index contributed by atoms with van der Waals surface area (Å²) >= 11 is 0. The largest absolute Gasteiger partial charge is 0.478 e. The highest BCUT2D eigenvalue weighted by Gasteiger charge is 2.58. The molecule has 4 unspecified atom stereocenters. The van der Waals surface area contributed by atoms with Crippen LogP contribution in [0, 0.1) is 23.2 Å². The number of carboxylic acid groups (broad SMARTS) is 1. The van der Waals surface area contributed by atoms with Crippen LogP contribution in [0.4, 0.5) is 0 Å². The van der Waals surface area contributed by atoms with Gasteiger partial charge in [-0.25, -0.2) is 4.79 Å². The number of benzene rings is 2. The molecule has 4 aliphatic rings. The molecular weight excluding hydrogens is 446 g/mol. The van der Waals surface area contributed by atoms with Gasteiger partial charge in [-0.1, -0.05) is 63.2 Å². The Morgan fingerprint density at radius 2 is 1.61 bits per heavy atom. The van der Waals surface area contributed by atoms with Crippen LogP contribution < -0.4 is 0 Å². The van der Waals surface area contributed by atoms with Gasteiger partial charge in [0.25, 0.3) is 0 Å². The highest BCUT2D eigenvalue weighted by molar-refractivity contribution is 5.87. The summed E-state index contributed by atoms with van der Waals surface area (Å²) in [7, 11) is 0. The molecule has 0 aliphatic heterocycles. The summed E-state index contributed by atoms with van der Waals surface area (Å²) in [6.45, 7) is 7.27. The lowest BCUT2D eigenvalue weighted by molar-refractivity contribution is -0.164. The number of carboxylic acids is 1. The average Bonchev–Trinajstić information content (AvgIpc) is 2.89. The first kappa shape index (κ1) is 25.0. The highest BCUT2D eigenvalue weighted by atomic mass is 16.4. The van der Waals surface area contributed by atoms with E-state index in [1.807, 2.05) is 18.2 Å². The van der Waals surface area contributed by atoms with Crippen molar-refractivity contribution in [1.29, 1.82) is 0 Å². The fourth-order valence-corrected chi connectivity index (χ4v) is 7.76. The third kappa shape index (κ3) is 4.71. The Labute approximate surface area is 216 Å². The molecule has 0 spiro atoms. The Morgan fingerprint density at radius 1 is 0.944 bits per heavy atom. The van der Waals surface area contributed by atoms with E-state index >= 15 is 0 Å². The summed E-state index contributed by atoms with van der Waals surface area (Å²) in [5, 5.41) is 9.21. The first-order valence-corrected chi connectivity index (χ1v) is 13.9. The molecule has 0 radical (unpaired) electrons. The van der Waals surface area contributed by atoms with Crippen molar-refractivity contribution < 1.29 is 14.7 Å². The van der Waals surface area contributed by atoms with Crippen molar-refractivity contribution in [3.63, 3.8) is 0 Å². The van der Waals surface area contributed by atoms with Crippen LogP contribution in [0.1, 0.15) is 93.1 Å². The van der Waals surface area contributed by atoms with Crippen molar-refractivity contribution in [2.45, 2.75) is 90.1 Å². The van der Waals surface area contributed by atoms with Gasteiger partial charge in [0, 0.05) is 18.5 Å². The van der Waals surface area contributed by atoms with Crippen LogP contribution in [0.2, 0.25) is 0 Å². The minimum Gasteiger partial charge on any atom is -0.478 e. The first-order valence-electron chi connectivity index (χ1n) is 13.9. The summed E-state index contributed by atoms with van der Waals surface area (Å²) in [5.74, 6) is 1.90. The van der Waals surface area contributed by atoms with E-state index < -0.39 is 5.97 Å². The number of carbonyl (C=O) groups is 2. The minimum absolute atomic E-state index is 0.316. The van der Waals surface area contributed by atoms with E-state index in [4.69, 9.17) is 0 Å². The quantitative estimate of drug-likeness (QED) is 0.460. The predicted molar refractivity (Wildman–Crippen MR) is 143 cm³/mol. The number of fused-ring (bicyclic) bond motifs is 2. The molecule has 0 saturated heterocycles. The maximum absolute atomic E-state index is 13.9. The van der Waals surface area contributed by atoms with Gasteiger partial charge in [0.1, 0.15) is 0 Å². The van der Waals surface area contributed by atoms with Crippen molar-refractivity contribution >= 4 is 11.9 Å². The number of rotatable bonds is 7. The zero-order chi connectivity index (χ0) is 25.4. The van der Waals surface area contributed by atoms with E-state index in [1.54, 1.807) is 12.1 Å². The average molecular weight is 488 g/mol. The summed E-state index contributed by atoms with van der Waals surface area (Å²) in [4.78, 5) is 27.5. The fourth-order valence-electron chi connectivity index (χ4n) is 7.76. The Bertz CT molecular complexity index is 1070. The van der Waals surface area contributed by atoms with E-state index in [9.17, 15) is 14.7 Å². The number of aromatic carboxylic acids is 1. The molecule has 2 aromatic carbocycles. The second-order valence-corrected chi connectivity index (χ2v) is 12.2. The molecule has 4 heteroatoms. The Hall–Kier alpha value is -2.62. The third-order valence-electron chi connectivity index (χ3n) is 10.1. The van der Waals surface area contributed by atoms with Crippen molar-refractivity contribution in [3.05, 3.63) is 71.3 Å². The topological polar surface area (TPSA) is 57.6 Å². The Morgan fingerprint density at radius 3 is 2.19 bits per heavy atom. The van der Waals surface area contributed by atoms with Crippen LogP contribution >= 0.6 is 0 Å². The summed E-state index contributed by atoms with van der Waals surface area (Å²) in [6, 6.07) is 18.5. The van der Waals surface area contributed by atoms with Crippen LogP contribution in [0.5, 0.6) is 0 Å². The maximum Gasteiger partial charge on any atom is 0.335 e. The number of hydrogen-bond donors (Lipinski definition) is 1. The third-order valence-corrected chi connectivity index (χ3v) is 10.1. The molecule has 2 bridgehead atoms. The number of carbonyl (C=O) groups excluding carboxylic acids is 1. The Kier molecular flexibility index (Phi) is 6.98. The number of amides is 1. The van der Waals surface area contributed by atoms with E-state index in [-0.39, 0.29) is 0 Å². The van der Waals surface area contributed by atoms with E-state index in [0.717, 1.165) is 50.4 Å². The maximum atomic E-state index is 13.9. The van der Waals surface area contributed by atoms with Crippen LogP contribution in [0.15, 0.2) is 54.6 Å². The lowest BCUT2D eigenvalue weighted by Crippen LogP contribution is -2.63. The van der Waals surface area contributed by atoms with Crippen molar-refractivity contribution in [2.24, 2.45) is 23.2 Å². The predicted octanol–water partition coefficient (Wildman–Crippen LogP) is 6.94. The lowest BCUT2D eigenvalue weighted by Gasteiger charge is -2.64. The molecule has 4 saturated carbocycles. The monoisotopic (exact) mass is 487 g/mol. The van der Waals surface area contributed by atoms with Gasteiger partial charge in [-0.2, -0.15) is 0 Å². The number of aryl methyl sites for hydroxylation is 1.